The quantitative estimate of drug-likeness (QED) is 0.846. The van der Waals surface area contributed by atoms with Gasteiger partial charge in [0.1, 0.15) is 5.75 Å². The third-order valence-corrected chi connectivity index (χ3v) is 3.30. The summed E-state index contributed by atoms with van der Waals surface area (Å²) in [5.41, 5.74) is 0.551. The van der Waals surface area contributed by atoms with E-state index in [0.29, 0.717) is 17.9 Å². The van der Waals surface area contributed by atoms with E-state index in [9.17, 15) is 4.79 Å². The molecule has 0 radical (unpaired) electrons. The van der Waals surface area contributed by atoms with Gasteiger partial charge in [-0.25, -0.2) is 0 Å². The minimum absolute atomic E-state index is 0.0926. The van der Waals surface area contributed by atoms with Crippen LogP contribution in [-0.4, -0.2) is 32.1 Å². The van der Waals surface area contributed by atoms with Crippen molar-refractivity contribution in [3.8, 4) is 11.8 Å². The van der Waals surface area contributed by atoms with E-state index in [1.54, 1.807) is 31.4 Å². The molecule has 0 aliphatic carbocycles. The highest BCUT2D eigenvalue weighted by atomic mass is 16.5. The molecule has 1 fully saturated rings. The zero-order valence-corrected chi connectivity index (χ0v) is 10.8. The number of piperidine rings is 1. The highest BCUT2D eigenvalue weighted by molar-refractivity contribution is 5.94. The van der Waals surface area contributed by atoms with Crippen LogP contribution in [0.4, 0.5) is 0 Å². The first-order valence-corrected chi connectivity index (χ1v) is 6.30. The Bertz CT molecular complexity index is 496. The summed E-state index contributed by atoms with van der Waals surface area (Å²) in [6.07, 6.45) is 0.772. The lowest BCUT2D eigenvalue weighted by Gasteiger charge is -2.28. The van der Waals surface area contributed by atoms with Gasteiger partial charge in [-0.05, 0) is 31.2 Å². The fourth-order valence-corrected chi connectivity index (χ4v) is 2.18. The largest absolute Gasteiger partial charge is 0.497 e. The topological polar surface area (TPSA) is 74.2 Å². The molecule has 100 valence electrons. The first-order chi connectivity index (χ1) is 9.24. The summed E-state index contributed by atoms with van der Waals surface area (Å²) in [5.74, 6) is 0.309. The second-order valence-electron chi connectivity index (χ2n) is 4.54. The number of carbonyl (C=O) groups excluding carboxylic acids is 1. The fraction of sp³-hybridized carbons (Fsp3) is 0.429. The lowest BCUT2D eigenvalue weighted by molar-refractivity contribution is 0.0920. The van der Waals surface area contributed by atoms with Crippen LogP contribution in [0, 0.1) is 17.2 Å². The number of nitriles is 1. The van der Waals surface area contributed by atoms with Crippen molar-refractivity contribution in [1.29, 1.82) is 5.26 Å². The Morgan fingerprint density at radius 1 is 1.58 bits per heavy atom. The van der Waals surface area contributed by atoms with Crippen LogP contribution in [0.2, 0.25) is 0 Å². The monoisotopic (exact) mass is 259 g/mol. The van der Waals surface area contributed by atoms with Gasteiger partial charge in [0.2, 0.25) is 0 Å². The van der Waals surface area contributed by atoms with Gasteiger partial charge in [-0.2, -0.15) is 5.26 Å². The molecule has 5 heteroatoms. The van der Waals surface area contributed by atoms with Gasteiger partial charge in [-0.15, -0.1) is 0 Å². The van der Waals surface area contributed by atoms with Crippen LogP contribution in [0.25, 0.3) is 0 Å². The van der Waals surface area contributed by atoms with E-state index in [0.717, 1.165) is 13.0 Å². The van der Waals surface area contributed by atoms with E-state index in [-0.39, 0.29) is 17.9 Å². The SMILES string of the molecule is COc1cccc(C(=O)NC2CCNCC2C#N)c1. The Hall–Kier alpha value is -2.06. The van der Waals surface area contributed by atoms with Gasteiger partial charge >= 0.3 is 0 Å². The molecule has 0 aromatic heterocycles. The van der Waals surface area contributed by atoms with Crippen LogP contribution in [0.1, 0.15) is 16.8 Å². The highest BCUT2D eigenvalue weighted by Crippen LogP contribution is 2.15. The molecule has 2 unspecified atom stereocenters. The number of methoxy groups -OCH3 is 1. The average Bonchev–Trinajstić information content (AvgIpc) is 2.47. The van der Waals surface area contributed by atoms with E-state index in [1.165, 1.54) is 0 Å². The first kappa shape index (κ1) is 13.4. The molecule has 19 heavy (non-hydrogen) atoms. The van der Waals surface area contributed by atoms with E-state index in [2.05, 4.69) is 16.7 Å². The van der Waals surface area contributed by atoms with Gasteiger partial charge in [-0.3, -0.25) is 4.79 Å². The molecule has 1 aromatic carbocycles. The lowest BCUT2D eigenvalue weighted by atomic mass is 9.94. The van der Waals surface area contributed by atoms with Gasteiger partial charge in [0.05, 0.1) is 19.1 Å². The number of benzene rings is 1. The Balaban J connectivity index is 2.05. The zero-order chi connectivity index (χ0) is 13.7. The van der Waals surface area contributed by atoms with E-state index < -0.39 is 0 Å². The predicted molar refractivity (Wildman–Crippen MR) is 70.8 cm³/mol. The zero-order valence-electron chi connectivity index (χ0n) is 10.8. The predicted octanol–water partition coefficient (Wildman–Crippen LogP) is 0.927. The lowest BCUT2D eigenvalue weighted by Crippen LogP contribution is -2.48. The number of nitrogens with one attached hydrogen (secondary N) is 2. The number of amides is 1. The number of rotatable bonds is 3. The second-order valence-corrected chi connectivity index (χ2v) is 4.54. The van der Waals surface area contributed by atoms with Crippen LogP contribution in [0.5, 0.6) is 5.75 Å². The molecule has 0 spiro atoms. The van der Waals surface area contributed by atoms with Crippen molar-refractivity contribution < 1.29 is 9.53 Å². The molecule has 1 aromatic rings. The van der Waals surface area contributed by atoms with Crippen LogP contribution >= 0.6 is 0 Å². The molecule has 1 aliphatic rings. The van der Waals surface area contributed by atoms with Crippen molar-refractivity contribution in [2.24, 2.45) is 5.92 Å². The second kappa shape index (κ2) is 6.21. The Kier molecular flexibility index (Phi) is 4.37. The number of hydrogen-bond acceptors (Lipinski definition) is 4. The summed E-state index contributed by atoms with van der Waals surface area (Å²) < 4.78 is 5.09. The summed E-state index contributed by atoms with van der Waals surface area (Å²) in [4.78, 5) is 12.1. The van der Waals surface area contributed by atoms with E-state index in [1.807, 2.05) is 0 Å². The van der Waals surface area contributed by atoms with Crippen molar-refractivity contribution in [3.63, 3.8) is 0 Å². The molecule has 1 aliphatic heterocycles. The van der Waals surface area contributed by atoms with Gasteiger partial charge in [0.25, 0.3) is 5.91 Å². The Morgan fingerprint density at radius 3 is 3.16 bits per heavy atom. The van der Waals surface area contributed by atoms with Crippen molar-refractivity contribution in [1.82, 2.24) is 10.6 Å². The summed E-state index contributed by atoms with van der Waals surface area (Å²) in [6, 6.07) is 9.13. The average molecular weight is 259 g/mol. The maximum atomic E-state index is 12.1. The van der Waals surface area contributed by atoms with Gasteiger partial charge < -0.3 is 15.4 Å². The van der Waals surface area contributed by atoms with E-state index in [4.69, 9.17) is 10.00 Å². The molecular formula is C14H17N3O2. The summed E-state index contributed by atoms with van der Waals surface area (Å²) >= 11 is 0. The fourth-order valence-electron chi connectivity index (χ4n) is 2.18. The highest BCUT2D eigenvalue weighted by Gasteiger charge is 2.26. The van der Waals surface area contributed by atoms with Crippen molar-refractivity contribution in [2.75, 3.05) is 20.2 Å². The summed E-state index contributed by atoms with van der Waals surface area (Å²) in [7, 11) is 1.57. The molecule has 0 saturated carbocycles. The summed E-state index contributed by atoms with van der Waals surface area (Å²) in [6.45, 7) is 1.45. The third kappa shape index (κ3) is 3.24. The molecule has 2 rings (SSSR count). The number of carbonyl (C=O) groups is 1. The maximum absolute atomic E-state index is 12.1. The first-order valence-electron chi connectivity index (χ1n) is 6.30. The minimum Gasteiger partial charge on any atom is -0.497 e. The molecule has 0 bridgehead atoms. The Labute approximate surface area is 112 Å². The number of nitrogens with zero attached hydrogens (tertiary/aromatic N) is 1. The maximum Gasteiger partial charge on any atom is 0.251 e. The molecule has 2 atom stereocenters. The van der Waals surface area contributed by atoms with Gasteiger partial charge in [0.15, 0.2) is 0 Å². The molecule has 1 amide bonds. The number of ether oxygens (including phenoxy) is 1. The van der Waals surface area contributed by atoms with Crippen molar-refractivity contribution >= 4 is 5.91 Å². The minimum atomic E-state index is -0.177. The standard InChI is InChI=1S/C14H17N3O2/c1-19-12-4-2-3-10(7-12)14(18)17-13-5-6-16-9-11(13)8-15/h2-4,7,11,13,16H,5-6,9H2,1H3,(H,17,18). The normalized spacial score (nSPS) is 22.3. The van der Waals surface area contributed by atoms with E-state index >= 15 is 0 Å². The van der Waals surface area contributed by atoms with Crippen LogP contribution in [-0.2, 0) is 0 Å². The Morgan fingerprint density at radius 2 is 2.42 bits per heavy atom. The number of hydrogen-bond donors (Lipinski definition) is 2. The van der Waals surface area contributed by atoms with Crippen LogP contribution in [0.3, 0.4) is 0 Å². The molecule has 1 saturated heterocycles. The van der Waals surface area contributed by atoms with Crippen LogP contribution < -0.4 is 15.4 Å². The van der Waals surface area contributed by atoms with Gasteiger partial charge in [-0.1, -0.05) is 6.07 Å². The smallest absolute Gasteiger partial charge is 0.251 e. The van der Waals surface area contributed by atoms with Crippen molar-refractivity contribution in [2.45, 2.75) is 12.5 Å². The van der Waals surface area contributed by atoms with Gasteiger partial charge in [0, 0.05) is 18.2 Å². The molecule has 1 heterocycles. The molecule has 5 nitrogen and oxygen atoms in total. The molecule has 2 N–H and O–H groups in total. The van der Waals surface area contributed by atoms with Crippen LogP contribution in [0.15, 0.2) is 24.3 Å². The molecular weight excluding hydrogens is 242 g/mol. The summed E-state index contributed by atoms with van der Waals surface area (Å²) in [5, 5.41) is 15.1. The third-order valence-electron chi connectivity index (χ3n) is 3.30. The van der Waals surface area contributed by atoms with Crippen molar-refractivity contribution in [3.05, 3.63) is 29.8 Å².